The highest BCUT2D eigenvalue weighted by atomic mass is 16.7. The van der Waals surface area contributed by atoms with Crippen molar-refractivity contribution in [1.29, 1.82) is 0 Å². The van der Waals surface area contributed by atoms with E-state index in [-0.39, 0.29) is 0 Å². The number of hydrogen-bond acceptors (Lipinski definition) is 13. The van der Waals surface area contributed by atoms with Crippen LogP contribution in [-0.2, 0) is 62.0 Å². The zero-order valence-electron chi connectivity index (χ0n) is 21.4. The number of carbonyl (C=O) groups excluding carboxylic acids is 6. The van der Waals surface area contributed by atoms with Gasteiger partial charge in [-0.25, -0.2) is 4.79 Å². The molecule has 1 amide bonds. The maximum atomic E-state index is 13.2. The van der Waals surface area contributed by atoms with Crippen LogP contribution in [0, 0.1) is 0 Å². The largest absolute Gasteiger partial charge is 0.481 e. The third-order valence-electron chi connectivity index (χ3n) is 4.33. The molecule has 1 fully saturated rings. The predicted molar refractivity (Wildman–Crippen MR) is 117 cm³/mol. The van der Waals surface area contributed by atoms with Gasteiger partial charge in [-0.15, -0.1) is 0 Å². The molecule has 15 heteroatoms. The van der Waals surface area contributed by atoms with Crippen LogP contribution in [0.2, 0.25) is 0 Å². The summed E-state index contributed by atoms with van der Waals surface area (Å²) in [6.45, 7) is 8.48. The van der Waals surface area contributed by atoms with E-state index >= 15 is 0 Å². The van der Waals surface area contributed by atoms with Gasteiger partial charge >= 0.3 is 35.8 Å². The van der Waals surface area contributed by atoms with Crippen LogP contribution in [0.25, 0.3) is 0 Å². The van der Waals surface area contributed by atoms with Gasteiger partial charge in [0.2, 0.25) is 12.4 Å². The lowest BCUT2D eigenvalue weighted by Crippen LogP contribution is -2.66. The predicted octanol–water partition coefficient (Wildman–Crippen LogP) is -0.629. The van der Waals surface area contributed by atoms with E-state index in [0.29, 0.717) is 0 Å². The van der Waals surface area contributed by atoms with Crippen LogP contribution in [0.5, 0.6) is 0 Å². The van der Waals surface area contributed by atoms with Gasteiger partial charge in [-0.3, -0.25) is 28.8 Å². The number of aliphatic carboxylic acids is 1. The van der Waals surface area contributed by atoms with E-state index < -0.39 is 90.5 Å². The smallest absolute Gasteiger partial charge is 0.329 e. The van der Waals surface area contributed by atoms with Crippen LogP contribution in [0.4, 0.5) is 0 Å². The first-order valence-corrected chi connectivity index (χ1v) is 11.0. The van der Waals surface area contributed by atoms with Crippen molar-refractivity contribution in [3.8, 4) is 0 Å². The number of esters is 5. The second-order valence-electron chi connectivity index (χ2n) is 8.95. The minimum absolute atomic E-state index is 0.886. The average molecular weight is 533 g/mol. The van der Waals surface area contributed by atoms with Crippen molar-refractivity contribution >= 4 is 41.7 Å². The molecule has 37 heavy (non-hydrogen) atoms. The van der Waals surface area contributed by atoms with Gasteiger partial charge in [-0.2, -0.15) is 0 Å². The zero-order valence-corrected chi connectivity index (χ0v) is 21.4. The Morgan fingerprint density at radius 3 is 1.68 bits per heavy atom. The number of carboxylic acids is 1. The van der Waals surface area contributed by atoms with Crippen molar-refractivity contribution in [2.75, 3.05) is 0 Å². The second kappa shape index (κ2) is 13.0. The molecule has 1 heterocycles. The summed E-state index contributed by atoms with van der Waals surface area (Å²) in [7, 11) is 0. The number of carboxylic acid groups (broad SMARTS) is 1. The number of ether oxygens (including phenoxy) is 6. The molecule has 15 nitrogen and oxygen atoms in total. The van der Waals surface area contributed by atoms with Gasteiger partial charge in [0.15, 0.2) is 18.3 Å². The SMILES string of the molecule is CC(=O)O[C@@H]1O[C@H](C(=O)N[C@@H](CC(=O)O)C(=O)OC(C)(C)C)[C@@H](OC(C)=O)[C@H](OC(C)=O)[C@H]1OC(C)=O. The zero-order chi connectivity index (χ0) is 28.7. The van der Waals surface area contributed by atoms with Gasteiger partial charge in [0.1, 0.15) is 11.6 Å². The summed E-state index contributed by atoms with van der Waals surface area (Å²) in [6.07, 6.45) is -9.79. The highest BCUT2D eigenvalue weighted by Crippen LogP contribution is 2.30. The van der Waals surface area contributed by atoms with Crippen molar-refractivity contribution in [1.82, 2.24) is 5.32 Å². The van der Waals surface area contributed by atoms with E-state index in [2.05, 4.69) is 5.32 Å². The Kier molecular flexibility index (Phi) is 11.0. The average Bonchev–Trinajstić information content (AvgIpc) is 2.68. The van der Waals surface area contributed by atoms with Crippen molar-refractivity contribution in [2.24, 2.45) is 0 Å². The fraction of sp³-hybridized carbons (Fsp3) is 0.682. The summed E-state index contributed by atoms with van der Waals surface area (Å²) in [4.78, 5) is 84.1. The minimum Gasteiger partial charge on any atom is -0.481 e. The molecule has 0 bridgehead atoms. The monoisotopic (exact) mass is 533 g/mol. The molecular formula is C22H31NO14. The highest BCUT2D eigenvalue weighted by Gasteiger charge is 2.56. The molecule has 0 aromatic heterocycles. The van der Waals surface area contributed by atoms with Crippen LogP contribution in [0.3, 0.4) is 0 Å². The molecule has 1 aliphatic rings. The van der Waals surface area contributed by atoms with E-state index in [1.165, 1.54) is 20.8 Å². The number of rotatable bonds is 9. The lowest BCUT2D eigenvalue weighted by molar-refractivity contribution is -0.290. The fourth-order valence-electron chi connectivity index (χ4n) is 3.24. The number of nitrogens with one attached hydrogen (secondary N) is 1. The summed E-state index contributed by atoms with van der Waals surface area (Å²) in [5, 5.41) is 11.4. The van der Waals surface area contributed by atoms with E-state index in [1.807, 2.05) is 0 Å². The number of carbonyl (C=O) groups is 7. The maximum Gasteiger partial charge on any atom is 0.329 e. The lowest BCUT2D eigenvalue weighted by Gasteiger charge is -2.43. The van der Waals surface area contributed by atoms with Crippen molar-refractivity contribution in [3.05, 3.63) is 0 Å². The number of amides is 1. The van der Waals surface area contributed by atoms with E-state index in [0.717, 1.165) is 27.7 Å². The molecule has 0 aliphatic carbocycles. The van der Waals surface area contributed by atoms with Crippen LogP contribution in [0.15, 0.2) is 0 Å². The molecule has 0 radical (unpaired) electrons. The third kappa shape index (κ3) is 10.4. The van der Waals surface area contributed by atoms with Crippen LogP contribution in [-0.4, -0.2) is 89.2 Å². The maximum absolute atomic E-state index is 13.2. The third-order valence-corrected chi connectivity index (χ3v) is 4.33. The van der Waals surface area contributed by atoms with Gasteiger partial charge in [0.25, 0.3) is 5.91 Å². The Morgan fingerprint density at radius 1 is 0.784 bits per heavy atom. The molecule has 6 atom stereocenters. The first-order chi connectivity index (χ1) is 16.9. The van der Waals surface area contributed by atoms with Gasteiger partial charge in [0, 0.05) is 27.7 Å². The van der Waals surface area contributed by atoms with Crippen molar-refractivity contribution < 1.29 is 67.1 Å². The summed E-state index contributed by atoms with van der Waals surface area (Å²) < 4.78 is 31.0. The second-order valence-corrected chi connectivity index (χ2v) is 8.95. The van der Waals surface area contributed by atoms with Gasteiger partial charge in [0.05, 0.1) is 6.42 Å². The Hall–Kier alpha value is -3.75. The van der Waals surface area contributed by atoms with E-state index in [1.54, 1.807) is 0 Å². The molecule has 1 rings (SSSR count). The summed E-state index contributed by atoms with van der Waals surface area (Å²) in [5.41, 5.74) is -1.03. The summed E-state index contributed by atoms with van der Waals surface area (Å²) in [5.74, 6) is -7.52. The van der Waals surface area contributed by atoms with E-state index in [9.17, 15) is 38.7 Å². The Bertz CT molecular complexity index is 923. The summed E-state index contributed by atoms with van der Waals surface area (Å²) in [6, 6.07) is -1.71. The summed E-state index contributed by atoms with van der Waals surface area (Å²) >= 11 is 0. The Morgan fingerprint density at radius 2 is 1.24 bits per heavy atom. The van der Waals surface area contributed by atoms with Crippen molar-refractivity contribution in [3.63, 3.8) is 0 Å². The van der Waals surface area contributed by atoms with Crippen LogP contribution >= 0.6 is 0 Å². The molecule has 0 saturated carbocycles. The molecule has 1 aliphatic heterocycles. The molecule has 2 N–H and O–H groups in total. The fourth-order valence-corrected chi connectivity index (χ4v) is 3.24. The molecule has 208 valence electrons. The first-order valence-electron chi connectivity index (χ1n) is 11.0. The normalized spacial score (nSPS) is 24.0. The molecule has 0 aromatic carbocycles. The first kappa shape index (κ1) is 31.3. The van der Waals surface area contributed by atoms with Gasteiger partial charge in [-0.1, -0.05) is 0 Å². The molecule has 0 aromatic rings. The molecule has 0 unspecified atom stereocenters. The highest BCUT2D eigenvalue weighted by molar-refractivity contribution is 5.90. The standard InChI is InChI=1S/C22H31NO14/c1-9(24)32-15-16(33-10(2)25)18(34-11(3)26)21(35-12(4)27)36-17(15)19(30)23-13(8-14(28)29)20(31)37-22(5,6)7/h13,15-18,21H,8H2,1-7H3,(H,23,30)(H,28,29)/t13-,15-,16-,17-,18+,21+/m0/s1. The van der Waals surface area contributed by atoms with Crippen LogP contribution < -0.4 is 5.32 Å². The lowest BCUT2D eigenvalue weighted by atomic mass is 9.96. The van der Waals surface area contributed by atoms with Crippen molar-refractivity contribution in [2.45, 2.75) is 97.2 Å². The van der Waals surface area contributed by atoms with E-state index in [4.69, 9.17) is 28.4 Å². The van der Waals surface area contributed by atoms with Gasteiger partial charge in [-0.05, 0) is 20.8 Å². The molecule has 0 spiro atoms. The topological polar surface area (TPSA) is 207 Å². The Labute approximate surface area is 212 Å². The molecular weight excluding hydrogens is 502 g/mol. The quantitative estimate of drug-likeness (QED) is 0.279. The number of hydrogen-bond donors (Lipinski definition) is 2. The van der Waals surface area contributed by atoms with Crippen LogP contribution in [0.1, 0.15) is 54.9 Å². The van der Waals surface area contributed by atoms with Gasteiger partial charge < -0.3 is 38.8 Å². The minimum atomic E-state index is -1.93. The molecule has 1 saturated heterocycles. The Balaban J connectivity index is 3.48.